The van der Waals surface area contributed by atoms with E-state index in [1.165, 1.54) is 0 Å². The summed E-state index contributed by atoms with van der Waals surface area (Å²) in [6.07, 6.45) is 0. The molecule has 2 aromatic rings. The van der Waals surface area contributed by atoms with Crippen LogP contribution in [-0.4, -0.2) is 33.7 Å². The summed E-state index contributed by atoms with van der Waals surface area (Å²) >= 11 is 1.11. The van der Waals surface area contributed by atoms with Gasteiger partial charge in [0.15, 0.2) is 0 Å². The van der Waals surface area contributed by atoms with Gasteiger partial charge in [0, 0.05) is 6.54 Å². The fraction of sp³-hybridized carbons (Fsp3) is 0.231. The lowest BCUT2D eigenvalue weighted by molar-refractivity contribution is -0.119. The van der Waals surface area contributed by atoms with Crippen LogP contribution in [0.4, 0.5) is 10.7 Å². The molecule has 22 heavy (non-hydrogen) atoms. The van der Waals surface area contributed by atoms with Gasteiger partial charge in [-0.2, -0.15) is 4.98 Å². The van der Waals surface area contributed by atoms with Gasteiger partial charge in [-0.3, -0.25) is 10.1 Å². The van der Waals surface area contributed by atoms with Crippen molar-refractivity contribution >= 4 is 29.6 Å². The summed E-state index contributed by atoms with van der Waals surface area (Å²) in [4.78, 5) is 27.9. The fourth-order valence-corrected chi connectivity index (χ4v) is 2.62. The van der Waals surface area contributed by atoms with E-state index in [4.69, 9.17) is 5.73 Å². The molecule has 1 heterocycles. The van der Waals surface area contributed by atoms with Crippen LogP contribution in [0.15, 0.2) is 35.5 Å². The van der Waals surface area contributed by atoms with E-state index >= 15 is 0 Å². The predicted molar refractivity (Wildman–Crippen MR) is 83.1 cm³/mol. The van der Waals surface area contributed by atoms with Gasteiger partial charge in [0.2, 0.25) is 17.0 Å². The molecule has 0 fully saturated rings. The molecule has 1 atom stereocenters. The summed E-state index contributed by atoms with van der Waals surface area (Å²) in [6.45, 7) is 2.20. The number of nitrogens with two attached hydrogens (primary N) is 1. The Kier molecular flexibility index (Phi) is 5.37. The minimum absolute atomic E-state index is 0.165. The van der Waals surface area contributed by atoms with Crippen molar-refractivity contribution < 1.29 is 9.59 Å². The number of thioether (sulfide) groups is 1. The fourth-order valence-electron chi connectivity index (χ4n) is 1.70. The molecule has 5 N–H and O–H groups in total. The lowest BCUT2D eigenvalue weighted by Crippen LogP contribution is -2.41. The van der Waals surface area contributed by atoms with Crippen LogP contribution >= 0.6 is 11.8 Å². The molecule has 1 aromatic carbocycles. The average Bonchev–Trinajstić information content (AvgIpc) is 2.91. The summed E-state index contributed by atoms with van der Waals surface area (Å²) in [5.74, 6) is -0.288. The van der Waals surface area contributed by atoms with E-state index in [9.17, 15) is 9.59 Å². The molecule has 3 amide bonds. The number of nitrogens with one attached hydrogen (secondary N) is 3. The molecule has 2 rings (SSSR count). The molecular formula is C13H16N6O2S. The minimum atomic E-state index is -0.668. The molecule has 9 heteroatoms. The van der Waals surface area contributed by atoms with Gasteiger partial charge >= 0.3 is 6.03 Å². The number of hydrogen-bond acceptors (Lipinski definition) is 6. The Hall–Kier alpha value is -2.55. The number of nitrogens with zero attached hydrogens (tertiary/aromatic N) is 2. The summed E-state index contributed by atoms with van der Waals surface area (Å²) in [6, 6.07) is 8.53. The van der Waals surface area contributed by atoms with E-state index in [1.54, 1.807) is 19.1 Å². The Morgan fingerprint density at radius 2 is 2.09 bits per heavy atom. The molecule has 0 radical (unpaired) electrons. The highest BCUT2D eigenvalue weighted by atomic mass is 32.2. The van der Waals surface area contributed by atoms with Gasteiger partial charge in [-0.05, 0) is 12.5 Å². The third-order valence-electron chi connectivity index (χ3n) is 2.62. The van der Waals surface area contributed by atoms with Crippen molar-refractivity contribution in [1.82, 2.24) is 25.8 Å². The smallest absolute Gasteiger partial charge is 0.321 e. The zero-order chi connectivity index (χ0) is 15.9. The predicted octanol–water partition coefficient (Wildman–Crippen LogP) is 1.07. The number of H-pyrrole nitrogens is 1. The SMILES string of the molecule is CCNC(=O)NC(=O)[C@H](Sc1n[nH]c(N)n1)c1ccccc1. The van der Waals surface area contributed by atoms with Gasteiger partial charge in [-0.25, -0.2) is 9.89 Å². The highest BCUT2D eigenvalue weighted by Gasteiger charge is 2.25. The minimum Gasteiger partial charge on any atom is -0.368 e. The van der Waals surface area contributed by atoms with Crippen molar-refractivity contribution in [2.45, 2.75) is 17.3 Å². The van der Waals surface area contributed by atoms with Gasteiger partial charge in [-0.15, -0.1) is 5.10 Å². The Labute approximate surface area is 131 Å². The molecule has 0 saturated carbocycles. The van der Waals surface area contributed by atoms with Crippen LogP contribution in [-0.2, 0) is 4.79 Å². The highest BCUT2D eigenvalue weighted by Crippen LogP contribution is 2.33. The first kappa shape index (κ1) is 15.8. The Morgan fingerprint density at radius 3 is 2.68 bits per heavy atom. The number of urea groups is 1. The van der Waals surface area contributed by atoms with Crippen LogP contribution < -0.4 is 16.4 Å². The normalized spacial score (nSPS) is 11.7. The molecule has 0 aliphatic rings. The van der Waals surface area contributed by atoms with E-state index in [1.807, 2.05) is 18.2 Å². The van der Waals surface area contributed by atoms with Crippen LogP contribution in [0, 0.1) is 0 Å². The van der Waals surface area contributed by atoms with E-state index in [0.29, 0.717) is 11.7 Å². The summed E-state index contributed by atoms with van der Waals surface area (Å²) in [5.41, 5.74) is 6.22. The number of anilines is 1. The van der Waals surface area contributed by atoms with Crippen molar-refractivity contribution in [1.29, 1.82) is 0 Å². The summed E-state index contributed by atoms with van der Waals surface area (Å²) < 4.78 is 0. The standard InChI is InChI=1S/C13H16N6O2S/c1-2-15-12(21)16-10(20)9(8-6-4-3-5-7-8)22-13-17-11(14)18-19-13/h3-7,9H,2H2,1H3,(H3,14,17,18,19)(H2,15,16,20,21)/t9-/m1/s1. The van der Waals surface area contributed by atoms with Crippen LogP contribution in [0.3, 0.4) is 0 Å². The molecule has 0 bridgehead atoms. The van der Waals surface area contributed by atoms with Gasteiger partial charge in [-0.1, -0.05) is 42.1 Å². The number of rotatable bonds is 5. The molecule has 0 aliphatic carbocycles. The zero-order valence-corrected chi connectivity index (χ0v) is 12.7. The van der Waals surface area contributed by atoms with Gasteiger partial charge in [0.05, 0.1) is 0 Å². The highest BCUT2D eigenvalue weighted by molar-refractivity contribution is 8.00. The van der Waals surface area contributed by atoms with E-state index in [2.05, 4.69) is 25.8 Å². The van der Waals surface area contributed by atoms with Crippen molar-refractivity contribution in [2.75, 3.05) is 12.3 Å². The molecule has 1 aromatic heterocycles. The number of nitrogen functional groups attached to an aromatic ring is 1. The van der Waals surface area contributed by atoms with Crippen molar-refractivity contribution in [3.63, 3.8) is 0 Å². The quantitative estimate of drug-likeness (QED) is 0.610. The van der Waals surface area contributed by atoms with Crippen LogP contribution in [0.5, 0.6) is 0 Å². The third-order valence-corrected chi connectivity index (χ3v) is 3.74. The van der Waals surface area contributed by atoms with Gasteiger partial charge in [0.25, 0.3) is 0 Å². The first-order valence-electron chi connectivity index (χ1n) is 6.58. The zero-order valence-electron chi connectivity index (χ0n) is 11.9. The third kappa shape index (κ3) is 4.22. The second kappa shape index (κ2) is 7.46. The van der Waals surface area contributed by atoms with E-state index in [0.717, 1.165) is 17.3 Å². The number of amides is 3. The molecule has 8 nitrogen and oxygen atoms in total. The maximum Gasteiger partial charge on any atom is 0.321 e. The maximum absolute atomic E-state index is 12.4. The Morgan fingerprint density at radius 1 is 1.36 bits per heavy atom. The monoisotopic (exact) mass is 320 g/mol. The number of imide groups is 1. The molecule has 0 spiro atoms. The topological polar surface area (TPSA) is 126 Å². The molecule has 0 aliphatic heterocycles. The van der Waals surface area contributed by atoms with Crippen LogP contribution in [0.2, 0.25) is 0 Å². The van der Waals surface area contributed by atoms with Crippen LogP contribution in [0.25, 0.3) is 0 Å². The van der Waals surface area contributed by atoms with Gasteiger partial charge < -0.3 is 11.1 Å². The van der Waals surface area contributed by atoms with E-state index < -0.39 is 17.2 Å². The summed E-state index contributed by atoms with van der Waals surface area (Å²) in [7, 11) is 0. The number of aromatic nitrogens is 3. The lowest BCUT2D eigenvalue weighted by atomic mass is 10.1. The van der Waals surface area contributed by atoms with E-state index in [-0.39, 0.29) is 5.95 Å². The first-order valence-corrected chi connectivity index (χ1v) is 7.46. The largest absolute Gasteiger partial charge is 0.368 e. The van der Waals surface area contributed by atoms with Crippen molar-refractivity contribution in [3.05, 3.63) is 35.9 Å². The lowest BCUT2D eigenvalue weighted by Gasteiger charge is -2.14. The average molecular weight is 320 g/mol. The number of carbonyl (C=O) groups is 2. The van der Waals surface area contributed by atoms with Crippen molar-refractivity contribution in [2.24, 2.45) is 0 Å². The Bertz CT molecular complexity index is 645. The first-order chi connectivity index (χ1) is 10.6. The van der Waals surface area contributed by atoms with Crippen molar-refractivity contribution in [3.8, 4) is 0 Å². The Balaban J connectivity index is 2.18. The van der Waals surface area contributed by atoms with Gasteiger partial charge in [0.1, 0.15) is 5.25 Å². The molecule has 0 unspecified atom stereocenters. The molecule has 116 valence electrons. The molecule has 0 saturated heterocycles. The summed E-state index contributed by atoms with van der Waals surface area (Å²) in [5, 5.41) is 10.9. The molecular weight excluding hydrogens is 304 g/mol. The second-order valence-electron chi connectivity index (χ2n) is 4.26. The number of hydrogen-bond donors (Lipinski definition) is 4. The maximum atomic E-state index is 12.4. The number of benzene rings is 1. The van der Waals surface area contributed by atoms with Crippen LogP contribution in [0.1, 0.15) is 17.7 Å². The number of carbonyl (C=O) groups excluding carboxylic acids is 2. The number of aromatic amines is 1. The second-order valence-corrected chi connectivity index (χ2v) is 5.33.